The second-order valence-electron chi connectivity index (χ2n) is 7.80. The van der Waals surface area contributed by atoms with Crippen LogP contribution in [0.1, 0.15) is 44.6 Å². The first kappa shape index (κ1) is 20.5. The molecule has 0 radical (unpaired) electrons. The minimum atomic E-state index is -1.04. The van der Waals surface area contributed by atoms with Crippen LogP contribution in [0.25, 0.3) is 0 Å². The molecule has 5 atom stereocenters. The summed E-state index contributed by atoms with van der Waals surface area (Å²) in [5, 5.41) is 15.5. The number of rotatable bonds is 8. The van der Waals surface area contributed by atoms with Gasteiger partial charge in [0, 0.05) is 6.04 Å². The number of esters is 2. The van der Waals surface area contributed by atoms with E-state index in [-0.39, 0.29) is 0 Å². The molecule has 1 saturated heterocycles. The van der Waals surface area contributed by atoms with E-state index >= 15 is 0 Å². The van der Waals surface area contributed by atoms with E-state index < -0.39 is 36.0 Å². The summed E-state index contributed by atoms with van der Waals surface area (Å²) in [6.45, 7) is 1.52. The van der Waals surface area contributed by atoms with E-state index in [1.807, 2.05) is 30.3 Å². The van der Waals surface area contributed by atoms with Crippen molar-refractivity contribution in [3.05, 3.63) is 35.9 Å². The molecule has 1 aliphatic carbocycles. The lowest BCUT2D eigenvalue weighted by Crippen LogP contribution is -2.48. The van der Waals surface area contributed by atoms with Crippen molar-refractivity contribution in [3.63, 3.8) is 0 Å². The molecule has 0 spiro atoms. The second-order valence-corrected chi connectivity index (χ2v) is 7.80. The Bertz CT molecular complexity index is 696. The Morgan fingerprint density at radius 3 is 2.68 bits per heavy atom. The third-order valence-electron chi connectivity index (χ3n) is 5.77. The molecule has 152 valence electrons. The molecule has 7 heteroatoms. The molecule has 3 unspecified atom stereocenters. The van der Waals surface area contributed by atoms with Crippen molar-refractivity contribution in [1.29, 1.82) is 0 Å². The predicted molar refractivity (Wildman–Crippen MR) is 103 cm³/mol. The molecule has 0 aromatic heterocycles. The van der Waals surface area contributed by atoms with Crippen LogP contribution in [-0.2, 0) is 25.5 Å². The predicted octanol–water partition coefficient (Wildman–Crippen LogP) is 1.65. The first-order valence-electron chi connectivity index (χ1n) is 9.98. The van der Waals surface area contributed by atoms with Crippen LogP contribution in [0.15, 0.2) is 30.3 Å². The van der Waals surface area contributed by atoms with Gasteiger partial charge in [0.1, 0.15) is 18.1 Å². The van der Waals surface area contributed by atoms with Crippen LogP contribution in [0.5, 0.6) is 0 Å². The Morgan fingerprint density at radius 1 is 1.25 bits per heavy atom. The van der Waals surface area contributed by atoms with E-state index in [1.54, 1.807) is 0 Å². The van der Waals surface area contributed by atoms with Gasteiger partial charge in [-0.3, -0.25) is 10.1 Å². The minimum absolute atomic E-state index is 0.332. The van der Waals surface area contributed by atoms with Crippen LogP contribution in [0.2, 0.25) is 0 Å². The highest BCUT2D eigenvalue weighted by molar-refractivity contribution is 5.91. The zero-order valence-electron chi connectivity index (χ0n) is 16.1. The van der Waals surface area contributed by atoms with Crippen LogP contribution in [-0.4, -0.2) is 47.2 Å². The summed E-state index contributed by atoms with van der Waals surface area (Å²) in [5.41, 5.74) is 1.03. The fraction of sp³-hybridized carbons (Fsp3) is 0.571. The summed E-state index contributed by atoms with van der Waals surface area (Å²) >= 11 is 0. The van der Waals surface area contributed by atoms with E-state index in [2.05, 4.69) is 10.6 Å². The number of carbonyl (C=O) groups is 3. The Hall–Kier alpha value is -2.25. The van der Waals surface area contributed by atoms with E-state index in [0.29, 0.717) is 31.2 Å². The molecule has 1 saturated carbocycles. The minimum Gasteiger partial charge on any atom is -0.480 e. The summed E-state index contributed by atoms with van der Waals surface area (Å²) in [5.74, 6) is -1.86. The molecule has 7 nitrogen and oxygen atoms in total. The van der Waals surface area contributed by atoms with Crippen molar-refractivity contribution in [2.24, 2.45) is 5.92 Å². The highest BCUT2D eigenvalue weighted by Crippen LogP contribution is 2.34. The quantitative estimate of drug-likeness (QED) is 0.459. The lowest BCUT2D eigenvalue weighted by atomic mass is 10.0. The number of aryl methyl sites for hydroxylation is 1. The summed E-state index contributed by atoms with van der Waals surface area (Å²) in [6, 6.07) is 7.67. The van der Waals surface area contributed by atoms with Gasteiger partial charge in [-0.15, -0.1) is 0 Å². The maximum Gasteiger partial charge on any atom is 0.330 e. The molecule has 0 amide bonds. The molecular weight excluding hydrogens is 360 g/mol. The Labute approximate surface area is 164 Å². The molecule has 1 heterocycles. The third kappa shape index (κ3) is 5.17. The topological polar surface area (TPSA) is 105 Å². The number of benzene rings is 1. The van der Waals surface area contributed by atoms with Gasteiger partial charge < -0.3 is 15.2 Å². The number of carboxylic acids is 1. The van der Waals surface area contributed by atoms with Gasteiger partial charge in [-0.25, -0.2) is 9.59 Å². The van der Waals surface area contributed by atoms with Gasteiger partial charge in [0.05, 0.1) is 0 Å². The largest absolute Gasteiger partial charge is 0.480 e. The first-order valence-corrected chi connectivity index (χ1v) is 9.98. The summed E-state index contributed by atoms with van der Waals surface area (Å²) in [4.78, 5) is 36.1. The number of hydrogen-bond acceptors (Lipinski definition) is 6. The number of nitrogens with one attached hydrogen (secondary N) is 2. The third-order valence-corrected chi connectivity index (χ3v) is 5.77. The maximum absolute atomic E-state index is 12.3. The Balaban J connectivity index is 1.47. The average Bonchev–Trinajstić information content (AvgIpc) is 3.27. The SMILES string of the molecule is C[C@H](N[C@@H](CCc1ccccc1)C(=O)O)C(=O)OC(=O)C1CC2CCCC2N1. The van der Waals surface area contributed by atoms with Gasteiger partial charge in [0.25, 0.3) is 0 Å². The van der Waals surface area contributed by atoms with Crippen molar-refractivity contribution < 1.29 is 24.2 Å². The molecule has 0 bridgehead atoms. The van der Waals surface area contributed by atoms with Crippen LogP contribution < -0.4 is 10.6 Å². The molecule has 1 aromatic carbocycles. The fourth-order valence-corrected chi connectivity index (χ4v) is 4.19. The summed E-state index contributed by atoms with van der Waals surface area (Å²) < 4.78 is 5.01. The number of fused-ring (bicyclic) bond motifs is 1. The van der Waals surface area contributed by atoms with Gasteiger partial charge in [0.2, 0.25) is 0 Å². The van der Waals surface area contributed by atoms with Gasteiger partial charge in [-0.2, -0.15) is 0 Å². The van der Waals surface area contributed by atoms with Gasteiger partial charge in [0.15, 0.2) is 0 Å². The molecule has 2 aliphatic rings. The molecule has 3 rings (SSSR count). The summed E-state index contributed by atoms with van der Waals surface area (Å²) in [6.07, 6.45) is 4.94. The van der Waals surface area contributed by atoms with Crippen LogP contribution >= 0.6 is 0 Å². The van der Waals surface area contributed by atoms with Crippen LogP contribution in [0, 0.1) is 5.92 Å². The molecule has 28 heavy (non-hydrogen) atoms. The monoisotopic (exact) mass is 388 g/mol. The van der Waals surface area contributed by atoms with Crippen molar-refractivity contribution in [1.82, 2.24) is 10.6 Å². The second kappa shape index (κ2) is 9.30. The lowest BCUT2D eigenvalue weighted by molar-refractivity contribution is -0.162. The standard InChI is InChI=1S/C21H28N2O5/c1-13(22-17(19(24)25)11-10-14-6-3-2-4-7-14)20(26)28-21(27)18-12-15-8-5-9-16(15)23-18/h2-4,6-7,13,15-18,22-23H,5,8-12H2,1H3,(H,24,25)/t13-,15?,16?,17-,18?/m0/s1. The number of carboxylic acid groups (broad SMARTS) is 1. The molecule has 1 aliphatic heterocycles. The van der Waals surface area contributed by atoms with Gasteiger partial charge in [-0.1, -0.05) is 36.8 Å². The average molecular weight is 388 g/mol. The fourth-order valence-electron chi connectivity index (χ4n) is 4.19. The number of aliphatic carboxylic acids is 1. The molecule has 2 fully saturated rings. The van der Waals surface area contributed by atoms with Crippen molar-refractivity contribution in [3.8, 4) is 0 Å². The zero-order chi connectivity index (χ0) is 20.1. The van der Waals surface area contributed by atoms with Gasteiger partial charge in [-0.05, 0) is 50.5 Å². The Morgan fingerprint density at radius 2 is 2.00 bits per heavy atom. The zero-order valence-corrected chi connectivity index (χ0v) is 16.1. The molecule has 3 N–H and O–H groups in total. The van der Waals surface area contributed by atoms with E-state index in [9.17, 15) is 19.5 Å². The number of ether oxygens (including phenoxy) is 1. The molecular formula is C21H28N2O5. The lowest BCUT2D eigenvalue weighted by Gasteiger charge is -2.19. The van der Waals surface area contributed by atoms with Crippen molar-refractivity contribution >= 4 is 17.9 Å². The highest BCUT2D eigenvalue weighted by atomic mass is 16.6. The first-order chi connectivity index (χ1) is 13.4. The summed E-state index contributed by atoms with van der Waals surface area (Å²) in [7, 11) is 0. The Kier molecular flexibility index (Phi) is 6.80. The van der Waals surface area contributed by atoms with Crippen LogP contribution in [0.4, 0.5) is 0 Å². The van der Waals surface area contributed by atoms with E-state index in [1.165, 1.54) is 13.3 Å². The maximum atomic E-state index is 12.3. The number of hydrogen-bond donors (Lipinski definition) is 3. The van der Waals surface area contributed by atoms with Crippen molar-refractivity contribution in [2.45, 2.75) is 69.6 Å². The van der Waals surface area contributed by atoms with E-state index in [0.717, 1.165) is 18.4 Å². The smallest absolute Gasteiger partial charge is 0.330 e. The van der Waals surface area contributed by atoms with Crippen LogP contribution in [0.3, 0.4) is 0 Å². The van der Waals surface area contributed by atoms with Crippen molar-refractivity contribution in [2.75, 3.05) is 0 Å². The molecule has 1 aromatic rings. The van der Waals surface area contributed by atoms with E-state index in [4.69, 9.17) is 4.74 Å². The highest BCUT2D eigenvalue weighted by Gasteiger charge is 2.41. The normalized spacial score (nSPS) is 25.7. The number of carbonyl (C=O) groups excluding carboxylic acids is 2. The van der Waals surface area contributed by atoms with Gasteiger partial charge >= 0.3 is 17.9 Å².